The fraction of sp³-hybridized carbons (Fsp3) is 1.00. The maximum atomic E-state index is 8.35. The van der Waals surface area contributed by atoms with Crippen LogP contribution in [0.15, 0.2) is 0 Å². The summed E-state index contributed by atoms with van der Waals surface area (Å²) in [5.74, 6) is 0.255. The molecule has 0 fully saturated rings. The van der Waals surface area contributed by atoms with E-state index in [1.165, 1.54) is 0 Å². The summed E-state index contributed by atoms with van der Waals surface area (Å²) < 4.78 is 0. The van der Waals surface area contributed by atoms with Gasteiger partial charge in [-0.15, -0.1) is 0 Å². The molecule has 0 aliphatic heterocycles. The number of rotatable bonds is 3. The van der Waals surface area contributed by atoms with Crippen molar-refractivity contribution in [1.29, 1.82) is 0 Å². The molecule has 0 aliphatic rings. The Morgan fingerprint density at radius 3 is 1.90 bits per heavy atom. The van der Waals surface area contributed by atoms with Crippen molar-refractivity contribution < 1.29 is 27.2 Å². The third-order valence-electron chi connectivity index (χ3n) is 0.934. The Balaban J connectivity index is 0. The average Bonchev–Trinajstić information content (AvgIpc) is 1.90. The molecule has 0 aromatic carbocycles. The molecule has 0 bridgehead atoms. The summed E-state index contributed by atoms with van der Waals surface area (Å²) in [5, 5.41) is 16.6. The molecule has 0 aromatic heterocycles. The molecule has 0 aromatic rings. The Morgan fingerprint density at radius 2 is 1.80 bits per heavy atom. The second-order valence-corrected chi connectivity index (χ2v) is 4.45. The molecule has 0 rings (SSSR count). The number of halogens is 2. The molecular formula is C5H12Cl2O2Ti. The van der Waals surface area contributed by atoms with Crippen molar-refractivity contribution >= 4 is 18.6 Å². The van der Waals surface area contributed by atoms with Crippen molar-refractivity contribution in [2.45, 2.75) is 13.3 Å². The van der Waals surface area contributed by atoms with E-state index in [1.807, 2.05) is 6.92 Å². The van der Waals surface area contributed by atoms with Crippen LogP contribution in [-0.2, 0) is 17.0 Å². The first-order valence-electron chi connectivity index (χ1n) is 2.90. The molecule has 62 valence electrons. The van der Waals surface area contributed by atoms with Gasteiger partial charge in [0.2, 0.25) is 0 Å². The Kier molecular flexibility index (Phi) is 17.7. The minimum absolute atomic E-state index is 0.181. The topological polar surface area (TPSA) is 40.5 Å². The third-order valence-corrected chi connectivity index (χ3v) is 0.934. The molecular weight excluding hydrogens is 211 g/mol. The molecule has 5 heteroatoms. The second-order valence-electron chi connectivity index (χ2n) is 1.87. The zero-order valence-electron chi connectivity index (χ0n) is 5.85. The summed E-state index contributed by atoms with van der Waals surface area (Å²) in [4.78, 5) is 0. The van der Waals surface area contributed by atoms with Crippen molar-refractivity contribution in [3.8, 4) is 0 Å². The van der Waals surface area contributed by atoms with Crippen LogP contribution in [0.3, 0.4) is 0 Å². The Hall–Kier alpha value is 1.21. The van der Waals surface area contributed by atoms with E-state index in [1.54, 1.807) is 0 Å². The van der Waals surface area contributed by atoms with Gasteiger partial charge < -0.3 is 10.2 Å². The molecule has 1 unspecified atom stereocenters. The van der Waals surface area contributed by atoms with Crippen LogP contribution in [0, 0.1) is 5.92 Å². The van der Waals surface area contributed by atoms with E-state index in [0.29, 0.717) is 6.42 Å². The fourth-order valence-corrected chi connectivity index (χ4v) is 0.312. The van der Waals surface area contributed by atoms with Gasteiger partial charge in [0.05, 0.1) is 0 Å². The molecule has 0 spiro atoms. The van der Waals surface area contributed by atoms with Gasteiger partial charge in [0.1, 0.15) is 0 Å². The average molecular weight is 223 g/mol. The number of aliphatic hydroxyl groups excluding tert-OH is 2. The van der Waals surface area contributed by atoms with Crippen molar-refractivity contribution in [2.75, 3.05) is 13.2 Å². The minimum atomic E-state index is -0.556. The summed E-state index contributed by atoms with van der Waals surface area (Å²) in [6.45, 7) is 2.26. The molecule has 2 N–H and O–H groups in total. The zero-order chi connectivity index (χ0) is 8.41. The quantitative estimate of drug-likeness (QED) is 0.709. The Labute approximate surface area is 78.2 Å². The monoisotopic (exact) mass is 222 g/mol. The van der Waals surface area contributed by atoms with Crippen molar-refractivity contribution in [1.82, 2.24) is 0 Å². The van der Waals surface area contributed by atoms with Crippen LogP contribution in [0.4, 0.5) is 0 Å². The fourth-order valence-electron chi connectivity index (χ4n) is 0.312. The first-order valence-corrected chi connectivity index (χ1v) is 7.20. The van der Waals surface area contributed by atoms with E-state index in [2.05, 4.69) is 0 Å². The van der Waals surface area contributed by atoms with Crippen LogP contribution in [-0.4, -0.2) is 23.4 Å². The standard InChI is InChI=1S/C5H12O2.2ClH.Ti/c1-5(4-7)2-3-6;;;/h5-7H,2-4H2,1H3;2*1H;/q;;;+2/p-2. The summed E-state index contributed by atoms with van der Waals surface area (Å²) in [6.07, 6.45) is 0.705. The molecule has 0 saturated heterocycles. The number of aliphatic hydroxyl groups is 2. The van der Waals surface area contributed by atoms with Gasteiger partial charge in [-0.25, -0.2) is 0 Å². The van der Waals surface area contributed by atoms with Gasteiger partial charge in [-0.1, -0.05) is 6.92 Å². The number of hydrogen-bond donors (Lipinski definition) is 2. The van der Waals surface area contributed by atoms with E-state index in [0.717, 1.165) is 0 Å². The van der Waals surface area contributed by atoms with E-state index in [9.17, 15) is 0 Å². The van der Waals surface area contributed by atoms with Crippen LogP contribution >= 0.6 is 18.6 Å². The van der Waals surface area contributed by atoms with Crippen molar-refractivity contribution in [3.63, 3.8) is 0 Å². The van der Waals surface area contributed by atoms with Gasteiger partial charge in [0.25, 0.3) is 0 Å². The van der Waals surface area contributed by atoms with Gasteiger partial charge in [-0.2, -0.15) is 0 Å². The molecule has 0 saturated carbocycles. The van der Waals surface area contributed by atoms with E-state index >= 15 is 0 Å². The summed E-state index contributed by atoms with van der Waals surface area (Å²) >= 11 is -0.556. The summed E-state index contributed by atoms with van der Waals surface area (Å²) in [5.41, 5.74) is 0. The van der Waals surface area contributed by atoms with E-state index in [4.69, 9.17) is 28.8 Å². The van der Waals surface area contributed by atoms with Gasteiger partial charge in [0.15, 0.2) is 0 Å². The van der Waals surface area contributed by atoms with Crippen LogP contribution in [0.1, 0.15) is 13.3 Å². The maximum absolute atomic E-state index is 8.35. The van der Waals surface area contributed by atoms with Crippen molar-refractivity contribution in [3.05, 3.63) is 0 Å². The first-order chi connectivity index (χ1) is 4.72. The van der Waals surface area contributed by atoms with Crippen LogP contribution < -0.4 is 0 Å². The summed E-state index contributed by atoms with van der Waals surface area (Å²) in [7, 11) is 9.78. The van der Waals surface area contributed by atoms with Crippen molar-refractivity contribution in [2.24, 2.45) is 5.92 Å². The molecule has 1 atom stereocenters. The Morgan fingerprint density at radius 1 is 1.40 bits per heavy atom. The number of hydrogen-bond acceptors (Lipinski definition) is 2. The molecule has 0 aliphatic carbocycles. The van der Waals surface area contributed by atoms with Gasteiger partial charge in [-0.3, -0.25) is 0 Å². The predicted octanol–water partition coefficient (Wildman–Crippen LogP) is 1.37. The van der Waals surface area contributed by atoms with Crippen LogP contribution in [0.2, 0.25) is 0 Å². The molecule has 10 heavy (non-hydrogen) atoms. The molecule has 0 heterocycles. The molecule has 0 amide bonds. The second kappa shape index (κ2) is 12.9. The zero-order valence-corrected chi connectivity index (χ0v) is 8.92. The third kappa shape index (κ3) is 16.1. The SMILES string of the molecule is CC(CO)CCO.[Cl][Ti][Cl]. The van der Waals surface area contributed by atoms with Gasteiger partial charge in [-0.05, 0) is 12.3 Å². The Bertz CT molecular complexity index is 56.9. The van der Waals surface area contributed by atoms with Gasteiger partial charge >= 0.3 is 35.6 Å². The van der Waals surface area contributed by atoms with Crippen LogP contribution in [0.25, 0.3) is 0 Å². The normalized spacial score (nSPS) is 11.3. The van der Waals surface area contributed by atoms with E-state index in [-0.39, 0.29) is 19.1 Å². The van der Waals surface area contributed by atoms with E-state index < -0.39 is 17.0 Å². The predicted molar refractivity (Wildman–Crippen MR) is 39.7 cm³/mol. The molecule has 2 nitrogen and oxygen atoms in total. The first kappa shape index (κ1) is 13.8. The molecule has 0 radical (unpaired) electrons. The summed E-state index contributed by atoms with van der Waals surface area (Å²) in [6, 6.07) is 0. The van der Waals surface area contributed by atoms with Crippen LogP contribution in [0.5, 0.6) is 0 Å². The van der Waals surface area contributed by atoms with Gasteiger partial charge in [0, 0.05) is 13.2 Å².